The van der Waals surface area contributed by atoms with E-state index < -0.39 is 0 Å². The van der Waals surface area contributed by atoms with Crippen LogP contribution in [0.3, 0.4) is 0 Å². The molecule has 4 rings (SSSR count). The van der Waals surface area contributed by atoms with Crippen LogP contribution in [0.25, 0.3) is 21.3 Å². The molecule has 0 aliphatic heterocycles. The van der Waals surface area contributed by atoms with Gasteiger partial charge >= 0.3 is 0 Å². The van der Waals surface area contributed by atoms with Crippen LogP contribution in [0.1, 0.15) is 23.3 Å². The van der Waals surface area contributed by atoms with Crippen LogP contribution in [-0.2, 0) is 4.79 Å². The van der Waals surface area contributed by atoms with E-state index in [9.17, 15) is 9.90 Å². The van der Waals surface area contributed by atoms with Crippen molar-refractivity contribution in [2.24, 2.45) is 0 Å². The van der Waals surface area contributed by atoms with Gasteiger partial charge in [-0.25, -0.2) is 9.97 Å². The van der Waals surface area contributed by atoms with E-state index in [0.717, 1.165) is 38.4 Å². The zero-order chi connectivity index (χ0) is 21.8. The van der Waals surface area contributed by atoms with Gasteiger partial charge in [-0.1, -0.05) is 30.3 Å². The molecule has 6 nitrogen and oxygen atoms in total. The summed E-state index contributed by atoms with van der Waals surface area (Å²) in [5, 5.41) is 16.8. The number of anilines is 2. The van der Waals surface area contributed by atoms with Crippen LogP contribution >= 0.6 is 11.3 Å². The minimum Gasteiger partial charge on any atom is -0.508 e. The minimum atomic E-state index is -0.0558. The highest BCUT2D eigenvalue weighted by Gasteiger charge is 2.16. The van der Waals surface area contributed by atoms with Gasteiger partial charge in [-0.15, -0.1) is 11.3 Å². The van der Waals surface area contributed by atoms with Gasteiger partial charge in [0.15, 0.2) is 0 Å². The molecular formula is C24H24N4O2S. The second-order valence-corrected chi connectivity index (χ2v) is 8.58. The normalized spacial score (nSPS) is 10.9. The van der Waals surface area contributed by atoms with Crippen molar-refractivity contribution in [2.45, 2.75) is 26.7 Å². The minimum absolute atomic E-state index is 0.0558. The van der Waals surface area contributed by atoms with Crippen molar-refractivity contribution in [1.82, 2.24) is 9.97 Å². The number of fused-ring (bicyclic) bond motifs is 1. The molecule has 2 aromatic carbocycles. The van der Waals surface area contributed by atoms with Gasteiger partial charge in [0.1, 0.15) is 22.7 Å². The third-order valence-corrected chi connectivity index (χ3v) is 6.10. The van der Waals surface area contributed by atoms with E-state index in [1.165, 1.54) is 4.88 Å². The molecule has 0 aliphatic carbocycles. The average Bonchev–Trinajstić information content (AvgIpc) is 3.10. The second-order valence-electron chi connectivity index (χ2n) is 7.38. The first kappa shape index (κ1) is 20.8. The predicted octanol–water partition coefficient (Wildman–Crippen LogP) is 5.51. The van der Waals surface area contributed by atoms with Gasteiger partial charge in [-0.3, -0.25) is 4.79 Å². The number of phenols is 1. The SMILES string of the molecule is Cc1cc(O)ccc1NC(=O)CCCNc1ncnc2sc(C)c(-c3ccccc3)c12. The zero-order valence-electron chi connectivity index (χ0n) is 17.5. The maximum Gasteiger partial charge on any atom is 0.224 e. The molecule has 0 aliphatic rings. The van der Waals surface area contributed by atoms with Gasteiger partial charge in [0.25, 0.3) is 0 Å². The quantitative estimate of drug-likeness (QED) is 0.265. The Labute approximate surface area is 185 Å². The summed E-state index contributed by atoms with van der Waals surface area (Å²) in [6.45, 7) is 4.58. The number of nitrogens with one attached hydrogen (secondary N) is 2. The number of phenolic OH excluding ortho intramolecular Hbond substituents is 1. The molecule has 0 fully saturated rings. The maximum atomic E-state index is 12.3. The Morgan fingerprint density at radius 2 is 1.90 bits per heavy atom. The van der Waals surface area contributed by atoms with Crippen molar-refractivity contribution in [3.63, 3.8) is 0 Å². The van der Waals surface area contributed by atoms with Crippen LogP contribution < -0.4 is 10.6 Å². The Balaban J connectivity index is 1.42. The Kier molecular flexibility index (Phi) is 6.13. The summed E-state index contributed by atoms with van der Waals surface area (Å²) in [6.07, 6.45) is 2.63. The summed E-state index contributed by atoms with van der Waals surface area (Å²) in [5.41, 5.74) is 3.85. The molecule has 0 saturated heterocycles. The molecule has 0 spiro atoms. The first-order chi connectivity index (χ1) is 15.0. The molecule has 158 valence electrons. The lowest BCUT2D eigenvalue weighted by Crippen LogP contribution is -2.14. The van der Waals surface area contributed by atoms with E-state index in [-0.39, 0.29) is 11.7 Å². The van der Waals surface area contributed by atoms with E-state index in [1.807, 2.05) is 25.1 Å². The van der Waals surface area contributed by atoms with Gasteiger partial charge in [-0.05, 0) is 49.6 Å². The number of benzene rings is 2. The van der Waals surface area contributed by atoms with Crippen LogP contribution in [0.5, 0.6) is 5.75 Å². The van der Waals surface area contributed by atoms with Crippen LogP contribution in [0, 0.1) is 13.8 Å². The first-order valence-electron chi connectivity index (χ1n) is 10.2. The number of aromatic hydroxyl groups is 1. The van der Waals surface area contributed by atoms with Crippen LogP contribution in [0.4, 0.5) is 11.5 Å². The van der Waals surface area contributed by atoms with Crippen molar-refractivity contribution in [3.8, 4) is 16.9 Å². The van der Waals surface area contributed by atoms with Gasteiger partial charge in [0.05, 0.1) is 5.39 Å². The van der Waals surface area contributed by atoms with E-state index in [0.29, 0.717) is 19.4 Å². The Hall–Kier alpha value is -3.45. The molecule has 31 heavy (non-hydrogen) atoms. The Morgan fingerprint density at radius 1 is 1.10 bits per heavy atom. The largest absolute Gasteiger partial charge is 0.508 e. The number of aryl methyl sites for hydroxylation is 2. The fourth-order valence-corrected chi connectivity index (χ4v) is 4.60. The van der Waals surface area contributed by atoms with Gasteiger partial charge in [0.2, 0.25) is 5.91 Å². The average molecular weight is 433 g/mol. The summed E-state index contributed by atoms with van der Waals surface area (Å²) in [7, 11) is 0. The lowest BCUT2D eigenvalue weighted by atomic mass is 10.0. The summed E-state index contributed by atoms with van der Waals surface area (Å²) < 4.78 is 0. The zero-order valence-corrected chi connectivity index (χ0v) is 18.3. The van der Waals surface area contributed by atoms with Crippen LogP contribution in [-0.4, -0.2) is 27.5 Å². The molecule has 4 aromatic rings. The summed E-state index contributed by atoms with van der Waals surface area (Å²) in [6, 6.07) is 15.2. The number of aromatic nitrogens is 2. The number of amides is 1. The van der Waals surface area contributed by atoms with Gasteiger partial charge < -0.3 is 15.7 Å². The molecule has 0 radical (unpaired) electrons. The van der Waals surface area contributed by atoms with E-state index >= 15 is 0 Å². The standard InChI is InChI=1S/C24H24N4O2S/c1-15-13-18(29)10-11-19(15)28-20(30)9-6-12-25-23-22-21(17-7-4-3-5-8-17)16(2)31-24(22)27-14-26-23/h3-5,7-8,10-11,13-14,29H,6,9,12H2,1-2H3,(H,28,30)(H,25,26,27). The molecule has 1 amide bonds. The van der Waals surface area contributed by atoms with Crippen molar-refractivity contribution in [1.29, 1.82) is 0 Å². The highest BCUT2D eigenvalue weighted by atomic mass is 32.1. The molecule has 0 bridgehead atoms. The summed E-state index contributed by atoms with van der Waals surface area (Å²) >= 11 is 1.66. The third-order valence-electron chi connectivity index (χ3n) is 5.08. The Morgan fingerprint density at radius 3 is 2.68 bits per heavy atom. The molecule has 7 heteroatoms. The fourth-order valence-electron chi connectivity index (χ4n) is 3.59. The number of hydrogen-bond donors (Lipinski definition) is 3. The van der Waals surface area contributed by atoms with Crippen molar-refractivity contribution in [3.05, 3.63) is 65.3 Å². The third kappa shape index (κ3) is 4.67. The number of carbonyl (C=O) groups excluding carboxylic acids is 1. The molecule has 0 atom stereocenters. The Bertz CT molecular complexity index is 1220. The molecular weight excluding hydrogens is 408 g/mol. The van der Waals surface area contributed by atoms with Gasteiger partial charge in [-0.2, -0.15) is 0 Å². The lowest BCUT2D eigenvalue weighted by Gasteiger charge is -2.10. The lowest BCUT2D eigenvalue weighted by molar-refractivity contribution is -0.116. The smallest absolute Gasteiger partial charge is 0.224 e. The van der Waals surface area contributed by atoms with E-state index in [2.05, 4.69) is 39.7 Å². The molecule has 3 N–H and O–H groups in total. The summed E-state index contributed by atoms with van der Waals surface area (Å²) in [4.78, 5) is 23.4. The van der Waals surface area contributed by atoms with E-state index in [1.54, 1.807) is 35.9 Å². The topological polar surface area (TPSA) is 87.1 Å². The monoisotopic (exact) mass is 432 g/mol. The number of thiophene rings is 1. The number of nitrogens with zero attached hydrogens (tertiary/aromatic N) is 2. The number of rotatable bonds is 7. The fraction of sp³-hybridized carbons (Fsp3) is 0.208. The first-order valence-corrected chi connectivity index (χ1v) is 11.0. The van der Waals surface area contributed by atoms with Gasteiger partial charge in [0, 0.05) is 29.1 Å². The van der Waals surface area contributed by atoms with Crippen LogP contribution in [0.2, 0.25) is 0 Å². The molecule has 0 unspecified atom stereocenters. The molecule has 2 heterocycles. The molecule has 2 aromatic heterocycles. The highest BCUT2D eigenvalue weighted by Crippen LogP contribution is 2.40. The maximum absolute atomic E-state index is 12.3. The number of carbonyl (C=O) groups is 1. The van der Waals surface area contributed by atoms with E-state index in [4.69, 9.17) is 0 Å². The van der Waals surface area contributed by atoms with Crippen molar-refractivity contribution >= 4 is 39.0 Å². The van der Waals surface area contributed by atoms with Crippen molar-refractivity contribution < 1.29 is 9.90 Å². The predicted molar refractivity (Wildman–Crippen MR) is 127 cm³/mol. The highest BCUT2D eigenvalue weighted by molar-refractivity contribution is 7.19. The number of hydrogen-bond acceptors (Lipinski definition) is 6. The molecule has 0 saturated carbocycles. The van der Waals surface area contributed by atoms with Crippen molar-refractivity contribution in [2.75, 3.05) is 17.2 Å². The second kappa shape index (κ2) is 9.14. The summed E-state index contributed by atoms with van der Waals surface area (Å²) in [5.74, 6) is 0.928. The van der Waals surface area contributed by atoms with Crippen LogP contribution in [0.15, 0.2) is 54.9 Å².